The molecular weight excluding hydrogens is 415 g/mol. The summed E-state index contributed by atoms with van der Waals surface area (Å²) >= 11 is 3.51. The molecular formula is C22H21BrF3N. The maximum Gasteiger partial charge on any atom is 0.395 e. The van der Waals surface area contributed by atoms with Crippen molar-refractivity contribution in [3.63, 3.8) is 0 Å². The summed E-state index contributed by atoms with van der Waals surface area (Å²) in [5.41, 5.74) is 3.07. The smallest absolute Gasteiger partial charge is 0.336 e. The largest absolute Gasteiger partial charge is 0.395 e. The van der Waals surface area contributed by atoms with E-state index < -0.39 is 12.1 Å². The zero-order valence-corrected chi connectivity index (χ0v) is 16.8. The predicted molar refractivity (Wildman–Crippen MR) is 110 cm³/mol. The molecule has 1 unspecified atom stereocenters. The maximum absolute atomic E-state index is 12.8. The molecule has 2 aromatic carbocycles. The van der Waals surface area contributed by atoms with E-state index in [1.165, 1.54) is 6.08 Å². The van der Waals surface area contributed by atoms with E-state index in [4.69, 9.17) is 0 Å². The Morgan fingerprint density at radius 2 is 1.74 bits per heavy atom. The molecule has 5 heteroatoms. The number of fused-ring (bicyclic) bond motifs is 3. The Morgan fingerprint density at radius 3 is 2.41 bits per heavy atom. The normalized spacial score (nSPS) is 17.0. The minimum atomic E-state index is -4.17. The van der Waals surface area contributed by atoms with E-state index in [0.29, 0.717) is 6.54 Å². The fraction of sp³-hybridized carbons (Fsp3) is 0.273. The van der Waals surface area contributed by atoms with Crippen molar-refractivity contribution in [2.45, 2.75) is 33.0 Å². The number of hydrogen-bond acceptors (Lipinski definition) is 0. The van der Waals surface area contributed by atoms with Gasteiger partial charge in [-0.15, -0.1) is 0 Å². The molecule has 0 fully saturated rings. The first-order valence-electron chi connectivity index (χ1n) is 9.04. The molecule has 0 saturated carbocycles. The first-order chi connectivity index (χ1) is 12.9. The molecule has 142 valence electrons. The van der Waals surface area contributed by atoms with Crippen molar-refractivity contribution in [2.75, 3.05) is 0 Å². The van der Waals surface area contributed by atoms with Crippen LogP contribution in [0, 0.1) is 5.92 Å². The van der Waals surface area contributed by atoms with E-state index >= 15 is 0 Å². The Balaban J connectivity index is 0.00000102. The van der Waals surface area contributed by atoms with Crippen LogP contribution < -0.4 is 0 Å². The maximum atomic E-state index is 12.8. The number of rotatable bonds is 2. The summed E-state index contributed by atoms with van der Waals surface area (Å²) in [6.07, 6.45) is 0.439. The highest BCUT2D eigenvalue weighted by molar-refractivity contribution is 9.10. The first kappa shape index (κ1) is 19.7. The molecule has 1 nitrogen and oxygen atoms in total. The quantitative estimate of drug-likeness (QED) is 0.389. The zero-order chi connectivity index (χ0) is 19.6. The van der Waals surface area contributed by atoms with E-state index in [-0.39, 0.29) is 6.42 Å². The average molecular weight is 436 g/mol. The fourth-order valence-electron chi connectivity index (χ4n) is 3.40. The SMILES string of the molecule is CC.FC(F)(F)C1C=CC(Cn2c3ccccc3c3cc(Br)ccc32)=CC1. The van der Waals surface area contributed by atoms with E-state index in [9.17, 15) is 13.2 Å². The van der Waals surface area contributed by atoms with Gasteiger partial charge in [0.25, 0.3) is 0 Å². The third kappa shape index (κ3) is 3.98. The molecule has 4 rings (SSSR count). The van der Waals surface area contributed by atoms with Crippen molar-refractivity contribution in [3.05, 3.63) is 70.7 Å². The molecule has 1 heterocycles. The summed E-state index contributed by atoms with van der Waals surface area (Å²) in [6, 6.07) is 14.2. The number of alkyl halides is 3. The lowest BCUT2D eigenvalue weighted by atomic mass is 9.96. The second kappa shape index (κ2) is 7.93. The van der Waals surface area contributed by atoms with Crippen molar-refractivity contribution < 1.29 is 13.2 Å². The number of halogens is 4. The molecule has 27 heavy (non-hydrogen) atoms. The molecule has 0 aliphatic heterocycles. The van der Waals surface area contributed by atoms with Crippen molar-refractivity contribution in [2.24, 2.45) is 5.92 Å². The van der Waals surface area contributed by atoms with E-state index in [1.807, 2.05) is 38.1 Å². The Kier molecular flexibility index (Phi) is 5.80. The number of aromatic nitrogens is 1. The topological polar surface area (TPSA) is 4.93 Å². The minimum absolute atomic E-state index is 0.0119. The standard InChI is InChI=1S/C20H15BrF3N.C2H6/c21-15-9-10-19-17(11-15)16-3-1-2-4-18(16)25(19)12-13-5-7-14(8-6-13)20(22,23)24;1-2/h1-7,9-11,14H,8,12H2;1-2H3. The summed E-state index contributed by atoms with van der Waals surface area (Å²) in [5, 5.41) is 2.28. The monoisotopic (exact) mass is 435 g/mol. The van der Waals surface area contributed by atoms with Gasteiger partial charge in [0, 0.05) is 32.8 Å². The van der Waals surface area contributed by atoms with E-state index in [0.717, 1.165) is 31.9 Å². The van der Waals surface area contributed by atoms with Crippen LogP contribution in [0.1, 0.15) is 20.3 Å². The van der Waals surface area contributed by atoms with Crippen LogP contribution in [0.5, 0.6) is 0 Å². The Labute approximate surface area is 165 Å². The Bertz CT molecular complexity index is 1010. The predicted octanol–water partition coefficient (Wildman–Crippen LogP) is 7.65. The zero-order valence-electron chi connectivity index (χ0n) is 15.2. The van der Waals surface area contributed by atoms with Crippen LogP contribution in [0.4, 0.5) is 13.2 Å². The van der Waals surface area contributed by atoms with Gasteiger partial charge in [0.15, 0.2) is 0 Å². The second-order valence-corrected chi connectivity index (χ2v) is 7.20. The van der Waals surface area contributed by atoms with Crippen LogP contribution in [-0.2, 0) is 6.54 Å². The van der Waals surface area contributed by atoms with Gasteiger partial charge in [0.2, 0.25) is 0 Å². The number of nitrogens with zero attached hydrogens (tertiary/aromatic N) is 1. The lowest BCUT2D eigenvalue weighted by Gasteiger charge is -2.19. The van der Waals surface area contributed by atoms with E-state index in [1.54, 1.807) is 12.2 Å². The van der Waals surface area contributed by atoms with Crippen LogP contribution in [0.15, 0.2) is 70.7 Å². The van der Waals surface area contributed by atoms with Crippen LogP contribution in [0.2, 0.25) is 0 Å². The lowest BCUT2D eigenvalue weighted by Crippen LogP contribution is -2.22. The van der Waals surface area contributed by atoms with Gasteiger partial charge in [-0.2, -0.15) is 13.2 Å². The van der Waals surface area contributed by atoms with Crippen molar-refractivity contribution >= 4 is 37.7 Å². The third-order valence-corrected chi connectivity index (χ3v) is 5.17. The highest BCUT2D eigenvalue weighted by Gasteiger charge is 2.37. The van der Waals surface area contributed by atoms with Gasteiger partial charge < -0.3 is 4.57 Å². The average Bonchev–Trinajstić information content (AvgIpc) is 2.97. The van der Waals surface area contributed by atoms with Crippen molar-refractivity contribution in [1.29, 1.82) is 0 Å². The first-order valence-corrected chi connectivity index (χ1v) is 9.83. The molecule has 1 aliphatic rings. The van der Waals surface area contributed by atoms with Crippen molar-refractivity contribution in [3.8, 4) is 0 Å². The van der Waals surface area contributed by atoms with Gasteiger partial charge in [-0.3, -0.25) is 0 Å². The molecule has 0 N–H and O–H groups in total. The summed E-state index contributed by atoms with van der Waals surface area (Å²) < 4.78 is 41.6. The highest BCUT2D eigenvalue weighted by atomic mass is 79.9. The number of para-hydroxylation sites is 1. The third-order valence-electron chi connectivity index (χ3n) is 4.67. The van der Waals surface area contributed by atoms with Crippen LogP contribution in [0.25, 0.3) is 21.8 Å². The highest BCUT2D eigenvalue weighted by Crippen LogP contribution is 2.35. The molecule has 0 spiro atoms. The van der Waals surface area contributed by atoms with E-state index in [2.05, 4.69) is 38.7 Å². The van der Waals surface area contributed by atoms with Gasteiger partial charge in [0.05, 0.1) is 5.92 Å². The van der Waals surface area contributed by atoms with Gasteiger partial charge in [-0.05, 0) is 36.3 Å². The molecule has 1 aliphatic carbocycles. The molecule has 0 bridgehead atoms. The Morgan fingerprint density at radius 1 is 1.04 bits per heavy atom. The molecule has 1 atom stereocenters. The van der Waals surface area contributed by atoms with Gasteiger partial charge in [0.1, 0.15) is 0 Å². The number of allylic oxidation sites excluding steroid dienone is 4. The lowest BCUT2D eigenvalue weighted by molar-refractivity contribution is -0.160. The Hall–Kier alpha value is -2.01. The summed E-state index contributed by atoms with van der Waals surface area (Å²) in [5.74, 6) is -1.37. The van der Waals surface area contributed by atoms with Gasteiger partial charge in [-0.1, -0.05) is 66.2 Å². The number of benzene rings is 2. The minimum Gasteiger partial charge on any atom is -0.336 e. The summed E-state index contributed by atoms with van der Waals surface area (Å²) in [6.45, 7) is 4.56. The molecule has 0 saturated heterocycles. The second-order valence-electron chi connectivity index (χ2n) is 6.29. The fourth-order valence-corrected chi connectivity index (χ4v) is 3.76. The molecule has 0 radical (unpaired) electrons. The van der Waals surface area contributed by atoms with Crippen LogP contribution in [0.3, 0.4) is 0 Å². The number of hydrogen-bond donors (Lipinski definition) is 0. The van der Waals surface area contributed by atoms with Crippen LogP contribution in [-0.4, -0.2) is 10.7 Å². The molecule has 1 aromatic heterocycles. The molecule has 3 aromatic rings. The van der Waals surface area contributed by atoms with Gasteiger partial charge >= 0.3 is 6.18 Å². The summed E-state index contributed by atoms with van der Waals surface area (Å²) in [4.78, 5) is 0. The van der Waals surface area contributed by atoms with Crippen LogP contribution >= 0.6 is 15.9 Å². The van der Waals surface area contributed by atoms with Crippen molar-refractivity contribution in [1.82, 2.24) is 4.57 Å². The summed E-state index contributed by atoms with van der Waals surface area (Å²) in [7, 11) is 0. The molecule has 0 amide bonds. The van der Waals surface area contributed by atoms with Gasteiger partial charge in [-0.25, -0.2) is 0 Å².